The van der Waals surface area contributed by atoms with E-state index in [1.165, 1.54) is 27.8 Å². The topological polar surface area (TPSA) is 118 Å². The lowest BCUT2D eigenvalue weighted by molar-refractivity contribution is -0.345. The van der Waals surface area contributed by atoms with E-state index in [1.807, 2.05) is 13.8 Å². The van der Waals surface area contributed by atoms with E-state index in [2.05, 4.69) is 15.2 Å². The number of hydrogen-bond donors (Lipinski definition) is 2. The van der Waals surface area contributed by atoms with E-state index in [-0.39, 0.29) is 50.1 Å². The molecule has 2 aliphatic rings. The van der Waals surface area contributed by atoms with E-state index in [0.717, 1.165) is 17.4 Å². The van der Waals surface area contributed by atoms with E-state index in [0.29, 0.717) is 5.56 Å². The van der Waals surface area contributed by atoms with Crippen LogP contribution < -0.4 is 10.9 Å². The number of carbonyl (C=O) groups is 2. The molecule has 1 saturated heterocycles. The molecule has 0 bridgehead atoms. The molecule has 13 heteroatoms. The third kappa shape index (κ3) is 5.72. The number of alkyl halides is 3. The van der Waals surface area contributed by atoms with Gasteiger partial charge in [0, 0.05) is 37.3 Å². The average Bonchev–Trinajstić information content (AvgIpc) is 3.49. The molecular formula is C23H28F3N5O5. The second-order valence-electron chi connectivity index (χ2n) is 9.51. The molecule has 196 valence electrons. The van der Waals surface area contributed by atoms with Gasteiger partial charge in [-0.15, -0.1) is 13.2 Å². The van der Waals surface area contributed by atoms with Crippen LogP contribution in [0.3, 0.4) is 0 Å². The first kappa shape index (κ1) is 25.7. The van der Waals surface area contributed by atoms with Gasteiger partial charge in [0.1, 0.15) is 5.65 Å². The van der Waals surface area contributed by atoms with Crippen LogP contribution in [0.25, 0.3) is 11.7 Å². The molecule has 2 fully saturated rings. The van der Waals surface area contributed by atoms with Gasteiger partial charge in [-0.25, -0.2) is 0 Å². The summed E-state index contributed by atoms with van der Waals surface area (Å²) in [5, 5.41) is 17.6. The summed E-state index contributed by atoms with van der Waals surface area (Å²) >= 11 is 0. The van der Waals surface area contributed by atoms with Crippen LogP contribution in [-0.2, 0) is 16.1 Å². The number of carbonyl (C=O) groups excluding carboxylic acids is 2. The molecule has 2 amide bonds. The second-order valence-corrected chi connectivity index (χ2v) is 9.51. The number of fused-ring (bicyclic) bond motifs is 1. The molecule has 0 atom stereocenters. The Labute approximate surface area is 204 Å². The Balaban J connectivity index is 1.59. The van der Waals surface area contributed by atoms with E-state index in [9.17, 15) is 32.7 Å². The van der Waals surface area contributed by atoms with Gasteiger partial charge < -0.3 is 15.3 Å². The molecule has 0 unspecified atom stereocenters. The summed E-state index contributed by atoms with van der Waals surface area (Å²) in [5.74, 6) is -1.66. The SMILES string of the molecule is CC(C)Cn1c(=O)c(C(=O)NC2CC2)c(O)n2ncc(C=CC(=O)N3CCC(OC(F)(F)F)CC3)c12. The first-order valence-electron chi connectivity index (χ1n) is 11.8. The minimum absolute atomic E-state index is 0.0160. The maximum absolute atomic E-state index is 13.3. The highest BCUT2D eigenvalue weighted by molar-refractivity contribution is 5.97. The Morgan fingerprint density at radius 2 is 1.92 bits per heavy atom. The molecule has 0 aromatic carbocycles. The maximum Gasteiger partial charge on any atom is 0.522 e. The lowest BCUT2D eigenvalue weighted by Gasteiger charge is -2.31. The van der Waals surface area contributed by atoms with E-state index in [1.54, 1.807) is 0 Å². The zero-order valence-corrected chi connectivity index (χ0v) is 19.9. The van der Waals surface area contributed by atoms with Crippen molar-refractivity contribution in [3.8, 4) is 5.88 Å². The number of halogens is 3. The van der Waals surface area contributed by atoms with Crippen LogP contribution in [0.2, 0.25) is 0 Å². The fourth-order valence-electron chi connectivity index (χ4n) is 4.20. The van der Waals surface area contributed by atoms with Crippen LogP contribution in [0.1, 0.15) is 55.5 Å². The number of nitrogens with zero attached hydrogens (tertiary/aromatic N) is 4. The number of hydrogen-bond acceptors (Lipinski definition) is 6. The summed E-state index contributed by atoms with van der Waals surface area (Å²) in [7, 11) is 0. The molecule has 2 aromatic rings. The van der Waals surface area contributed by atoms with Gasteiger partial charge in [-0.3, -0.25) is 23.7 Å². The lowest BCUT2D eigenvalue weighted by atomic mass is 10.1. The van der Waals surface area contributed by atoms with Crippen molar-refractivity contribution in [1.29, 1.82) is 0 Å². The minimum atomic E-state index is -4.71. The van der Waals surface area contributed by atoms with Crippen LogP contribution in [0.4, 0.5) is 13.2 Å². The zero-order chi connectivity index (χ0) is 26.2. The number of likely N-dealkylation sites (tertiary alicyclic amines) is 1. The molecule has 10 nitrogen and oxygen atoms in total. The van der Waals surface area contributed by atoms with Crippen LogP contribution in [0.15, 0.2) is 17.1 Å². The van der Waals surface area contributed by atoms with Crippen molar-refractivity contribution in [2.24, 2.45) is 5.92 Å². The number of rotatable bonds is 7. The van der Waals surface area contributed by atoms with Gasteiger partial charge >= 0.3 is 6.36 Å². The number of amides is 2. The summed E-state index contributed by atoms with van der Waals surface area (Å²) in [6, 6.07) is -0.0160. The molecule has 2 N–H and O–H groups in total. The van der Waals surface area contributed by atoms with Gasteiger partial charge in [0.25, 0.3) is 11.5 Å². The number of nitrogens with one attached hydrogen (secondary N) is 1. The lowest BCUT2D eigenvalue weighted by Crippen LogP contribution is -2.41. The van der Waals surface area contributed by atoms with Crippen molar-refractivity contribution in [1.82, 2.24) is 24.4 Å². The average molecular weight is 512 g/mol. The predicted molar refractivity (Wildman–Crippen MR) is 122 cm³/mol. The van der Waals surface area contributed by atoms with Crippen molar-refractivity contribution in [3.05, 3.63) is 33.8 Å². The first-order chi connectivity index (χ1) is 16.9. The van der Waals surface area contributed by atoms with Crippen molar-refractivity contribution in [2.45, 2.75) is 64.6 Å². The molecule has 0 radical (unpaired) electrons. The van der Waals surface area contributed by atoms with E-state index < -0.39 is 41.3 Å². The van der Waals surface area contributed by atoms with E-state index >= 15 is 0 Å². The van der Waals surface area contributed by atoms with E-state index in [4.69, 9.17) is 0 Å². The van der Waals surface area contributed by atoms with Crippen LogP contribution >= 0.6 is 0 Å². The molecule has 36 heavy (non-hydrogen) atoms. The van der Waals surface area contributed by atoms with Crippen molar-refractivity contribution in [2.75, 3.05) is 13.1 Å². The number of ether oxygens (including phenoxy) is 1. The molecule has 2 aromatic heterocycles. The van der Waals surface area contributed by atoms with Crippen molar-refractivity contribution < 1.29 is 32.6 Å². The molecule has 1 saturated carbocycles. The predicted octanol–water partition coefficient (Wildman–Crippen LogP) is 2.29. The summed E-state index contributed by atoms with van der Waals surface area (Å²) in [6.07, 6.45) is 0.0835. The maximum atomic E-state index is 13.3. The van der Waals surface area contributed by atoms with Crippen LogP contribution in [-0.4, -0.2) is 67.6 Å². The number of piperidine rings is 1. The third-order valence-electron chi connectivity index (χ3n) is 6.06. The molecule has 1 aliphatic heterocycles. The van der Waals surface area contributed by atoms with Crippen molar-refractivity contribution in [3.63, 3.8) is 0 Å². The quantitative estimate of drug-likeness (QED) is 0.551. The minimum Gasteiger partial charge on any atom is -0.492 e. The Hall–Kier alpha value is -3.35. The summed E-state index contributed by atoms with van der Waals surface area (Å²) < 4.78 is 43.7. The second kappa shape index (κ2) is 9.96. The molecule has 1 aliphatic carbocycles. The Morgan fingerprint density at radius 3 is 2.50 bits per heavy atom. The fraction of sp³-hybridized carbons (Fsp3) is 0.565. The van der Waals surface area contributed by atoms with Crippen LogP contribution in [0, 0.1) is 5.92 Å². The highest BCUT2D eigenvalue weighted by Gasteiger charge is 2.35. The Bertz CT molecular complexity index is 1240. The number of aromatic nitrogens is 3. The van der Waals surface area contributed by atoms with Crippen molar-refractivity contribution >= 4 is 23.5 Å². The molecular weight excluding hydrogens is 483 g/mol. The Kier molecular flexibility index (Phi) is 7.12. The van der Waals surface area contributed by atoms with Gasteiger partial charge in [0.05, 0.1) is 12.3 Å². The zero-order valence-electron chi connectivity index (χ0n) is 19.9. The van der Waals surface area contributed by atoms with Gasteiger partial charge in [-0.05, 0) is 37.7 Å². The fourth-order valence-corrected chi connectivity index (χ4v) is 4.20. The monoisotopic (exact) mass is 511 g/mol. The molecule has 0 spiro atoms. The highest BCUT2D eigenvalue weighted by Crippen LogP contribution is 2.26. The smallest absolute Gasteiger partial charge is 0.492 e. The summed E-state index contributed by atoms with van der Waals surface area (Å²) in [5.41, 5.74) is -0.481. The first-order valence-corrected chi connectivity index (χ1v) is 11.8. The summed E-state index contributed by atoms with van der Waals surface area (Å²) in [6.45, 7) is 4.23. The van der Waals surface area contributed by atoms with Gasteiger partial charge in [0.2, 0.25) is 11.8 Å². The number of aromatic hydroxyl groups is 1. The summed E-state index contributed by atoms with van der Waals surface area (Å²) in [4.78, 5) is 40.0. The standard InChI is InChI=1S/C23H28F3N5O5/c1-13(2)12-30-20-14(3-6-17(32)29-9-7-16(8-10-29)36-23(24,25)26)11-27-31(20)22(35)18(21(30)34)19(33)28-15-4-5-15/h3,6,11,13,15-16,35H,4-5,7-10,12H2,1-2H3,(H,28,33). The third-order valence-corrected chi connectivity index (χ3v) is 6.06. The largest absolute Gasteiger partial charge is 0.522 e. The Morgan fingerprint density at radius 1 is 1.25 bits per heavy atom. The normalized spacial score (nSPS) is 17.4. The van der Waals surface area contributed by atoms with Gasteiger partial charge in [-0.2, -0.15) is 9.61 Å². The molecule has 3 heterocycles. The van der Waals surface area contributed by atoms with Gasteiger partial charge in [0.15, 0.2) is 5.56 Å². The van der Waals surface area contributed by atoms with Gasteiger partial charge in [-0.1, -0.05) is 13.8 Å². The molecule has 4 rings (SSSR count). The van der Waals surface area contributed by atoms with Crippen LogP contribution in [0.5, 0.6) is 5.88 Å². The highest BCUT2D eigenvalue weighted by atomic mass is 19.4.